The van der Waals surface area contributed by atoms with Gasteiger partial charge in [0.05, 0.1) is 22.4 Å². The molecule has 2 amide bonds. The summed E-state index contributed by atoms with van der Waals surface area (Å²) >= 11 is 2.98. The molecule has 0 aliphatic heterocycles. The van der Waals surface area contributed by atoms with E-state index in [4.69, 9.17) is 0 Å². The first-order chi connectivity index (χ1) is 14.1. The van der Waals surface area contributed by atoms with Gasteiger partial charge in [-0.2, -0.15) is 0 Å². The molecule has 2 aromatic heterocycles. The van der Waals surface area contributed by atoms with Crippen molar-refractivity contribution < 1.29 is 9.59 Å². The molecule has 0 unspecified atom stereocenters. The molecule has 0 radical (unpaired) electrons. The fraction of sp³-hybridized carbons (Fsp3) is 0.619. The van der Waals surface area contributed by atoms with Crippen LogP contribution in [0.2, 0.25) is 0 Å². The zero-order valence-electron chi connectivity index (χ0n) is 17.2. The molecule has 0 bridgehead atoms. The lowest BCUT2D eigenvalue weighted by atomic mass is 9.86. The number of amides is 2. The molecular weight excluding hydrogens is 404 g/mol. The van der Waals surface area contributed by atoms with Gasteiger partial charge in [-0.25, -0.2) is 9.97 Å². The van der Waals surface area contributed by atoms with Crippen molar-refractivity contribution in [1.82, 2.24) is 20.6 Å². The van der Waals surface area contributed by atoms with Gasteiger partial charge >= 0.3 is 0 Å². The summed E-state index contributed by atoms with van der Waals surface area (Å²) in [5.74, 6) is 0.442. The summed E-state index contributed by atoms with van der Waals surface area (Å²) in [6.07, 6.45) is 11.2. The number of nitrogens with zero attached hydrogens (tertiary/aromatic N) is 2. The van der Waals surface area contributed by atoms with E-state index in [9.17, 15) is 9.59 Å². The second kappa shape index (κ2) is 10.8. The van der Waals surface area contributed by atoms with Gasteiger partial charge < -0.3 is 10.6 Å². The van der Waals surface area contributed by atoms with Crippen molar-refractivity contribution in [3.05, 3.63) is 32.2 Å². The van der Waals surface area contributed by atoms with Gasteiger partial charge in [0.2, 0.25) is 0 Å². The van der Waals surface area contributed by atoms with E-state index < -0.39 is 0 Å². The van der Waals surface area contributed by atoms with Crippen LogP contribution in [0, 0.1) is 5.92 Å². The second-order valence-corrected chi connectivity index (χ2v) is 9.87. The van der Waals surface area contributed by atoms with Gasteiger partial charge in [-0.1, -0.05) is 13.8 Å². The first kappa shape index (κ1) is 21.9. The summed E-state index contributed by atoms with van der Waals surface area (Å²) in [6.45, 7) is 4.92. The molecule has 2 heterocycles. The summed E-state index contributed by atoms with van der Waals surface area (Å²) in [7, 11) is 0. The van der Waals surface area contributed by atoms with E-state index in [-0.39, 0.29) is 17.9 Å². The van der Waals surface area contributed by atoms with Gasteiger partial charge in [-0.05, 0) is 57.3 Å². The van der Waals surface area contributed by atoms with Crippen molar-refractivity contribution in [2.75, 3.05) is 6.54 Å². The number of hydrogen-bond acceptors (Lipinski definition) is 6. The van der Waals surface area contributed by atoms with Crippen molar-refractivity contribution in [2.24, 2.45) is 5.92 Å². The monoisotopic (exact) mass is 434 g/mol. The Morgan fingerprint density at radius 1 is 0.931 bits per heavy atom. The predicted octanol–water partition coefficient (Wildman–Crippen LogP) is 4.22. The molecule has 8 heteroatoms. The van der Waals surface area contributed by atoms with Crippen molar-refractivity contribution in [2.45, 2.75) is 71.3 Å². The quantitative estimate of drug-likeness (QED) is 0.619. The molecule has 2 N–H and O–H groups in total. The van der Waals surface area contributed by atoms with E-state index in [1.165, 1.54) is 22.7 Å². The number of nitrogens with one attached hydrogen (secondary N) is 2. The van der Waals surface area contributed by atoms with Crippen LogP contribution in [0.4, 0.5) is 0 Å². The Labute approximate surface area is 180 Å². The highest BCUT2D eigenvalue weighted by Gasteiger charge is 2.24. The molecule has 0 saturated heterocycles. The van der Waals surface area contributed by atoms with Gasteiger partial charge in [0, 0.05) is 12.6 Å². The first-order valence-corrected chi connectivity index (χ1v) is 12.2. The molecule has 2 aromatic rings. The Kier molecular flexibility index (Phi) is 8.18. The van der Waals surface area contributed by atoms with E-state index in [2.05, 4.69) is 34.4 Å². The number of rotatable bonds is 9. The average Bonchev–Trinajstić information content (AvgIpc) is 3.38. The highest BCUT2D eigenvalue weighted by Crippen LogP contribution is 2.25. The molecule has 0 atom stereocenters. The van der Waals surface area contributed by atoms with Crippen LogP contribution in [0.25, 0.3) is 0 Å². The molecule has 1 aliphatic rings. The molecule has 1 saturated carbocycles. The molecule has 29 heavy (non-hydrogen) atoms. The number of carbonyl (C=O) groups is 2. The van der Waals surface area contributed by atoms with E-state index in [1.807, 2.05) is 0 Å². The minimum absolute atomic E-state index is 0.00492. The maximum absolute atomic E-state index is 12.4. The number of aryl methyl sites for hydroxylation is 2. The standard InChI is InChI=1S/C21H30N4O2S2/c1-3-5-18-22-12-16(28-18)20(26)24-11-14-7-9-15(10-8-14)25-21(27)17-13-23-19(29-17)6-4-2/h12-15H,3-11H2,1-2H3,(H,24,26)(H,25,27). The third kappa shape index (κ3) is 6.34. The lowest BCUT2D eigenvalue weighted by molar-refractivity contribution is 0.0923. The maximum atomic E-state index is 12.4. The van der Waals surface area contributed by atoms with Crippen LogP contribution in [0.5, 0.6) is 0 Å². The first-order valence-electron chi connectivity index (χ1n) is 10.6. The third-order valence-corrected chi connectivity index (χ3v) is 7.33. The molecule has 3 rings (SSSR count). The van der Waals surface area contributed by atoms with Crippen LogP contribution in [0.15, 0.2) is 12.4 Å². The Hall–Kier alpha value is -1.80. The number of aromatic nitrogens is 2. The third-order valence-electron chi connectivity index (χ3n) is 5.22. The molecular formula is C21H30N4O2S2. The Bertz CT molecular complexity index is 809. The second-order valence-electron chi connectivity index (χ2n) is 7.64. The fourth-order valence-electron chi connectivity index (χ4n) is 3.58. The average molecular weight is 435 g/mol. The van der Waals surface area contributed by atoms with Gasteiger partial charge in [0.15, 0.2) is 0 Å². The van der Waals surface area contributed by atoms with Crippen LogP contribution in [-0.4, -0.2) is 34.4 Å². The van der Waals surface area contributed by atoms with Gasteiger partial charge in [-0.3, -0.25) is 9.59 Å². The van der Waals surface area contributed by atoms with Crippen molar-refractivity contribution >= 4 is 34.5 Å². The summed E-state index contributed by atoms with van der Waals surface area (Å²) in [5.41, 5.74) is 0. The molecule has 1 fully saturated rings. The van der Waals surface area contributed by atoms with Gasteiger partial charge in [0.25, 0.3) is 11.8 Å². The van der Waals surface area contributed by atoms with E-state index in [0.717, 1.165) is 61.4 Å². The molecule has 1 aliphatic carbocycles. The SMILES string of the molecule is CCCc1ncc(C(=O)NCC2CCC(NC(=O)c3cnc(CCC)s3)CC2)s1. The van der Waals surface area contributed by atoms with Gasteiger partial charge in [-0.15, -0.1) is 22.7 Å². The minimum Gasteiger partial charge on any atom is -0.351 e. The van der Waals surface area contributed by atoms with Gasteiger partial charge in [0.1, 0.15) is 9.75 Å². The van der Waals surface area contributed by atoms with Crippen molar-refractivity contribution in [3.8, 4) is 0 Å². The molecule has 0 spiro atoms. The minimum atomic E-state index is -0.0200. The highest BCUT2D eigenvalue weighted by molar-refractivity contribution is 7.13. The Morgan fingerprint density at radius 2 is 1.48 bits per heavy atom. The Morgan fingerprint density at radius 3 is 2.03 bits per heavy atom. The lowest BCUT2D eigenvalue weighted by Crippen LogP contribution is -2.39. The predicted molar refractivity (Wildman–Crippen MR) is 118 cm³/mol. The van der Waals surface area contributed by atoms with E-state index >= 15 is 0 Å². The van der Waals surface area contributed by atoms with Crippen molar-refractivity contribution in [1.29, 1.82) is 0 Å². The van der Waals surface area contributed by atoms with E-state index in [0.29, 0.717) is 22.2 Å². The summed E-state index contributed by atoms with van der Waals surface area (Å²) in [6, 6.07) is 0.212. The van der Waals surface area contributed by atoms with Crippen LogP contribution in [0.1, 0.15) is 81.7 Å². The normalized spacial score (nSPS) is 19.1. The van der Waals surface area contributed by atoms with Crippen LogP contribution < -0.4 is 10.6 Å². The highest BCUT2D eigenvalue weighted by atomic mass is 32.1. The molecule has 6 nitrogen and oxygen atoms in total. The van der Waals surface area contributed by atoms with Crippen LogP contribution in [-0.2, 0) is 12.8 Å². The zero-order valence-corrected chi connectivity index (χ0v) is 18.8. The topological polar surface area (TPSA) is 84.0 Å². The Balaban J connectivity index is 1.38. The summed E-state index contributed by atoms with van der Waals surface area (Å²) in [5, 5.41) is 8.26. The molecule has 158 valence electrons. The zero-order chi connectivity index (χ0) is 20.6. The van der Waals surface area contributed by atoms with Crippen molar-refractivity contribution in [3.63, 3.8) is 0 Å². The lowest BCUT2D eigenvalue weighted by Gasteiger charge is -2.29. The van der Waals surface area contributed by atoms with E-state index in [1.54, 1.807) is 12.4 Å². The molecule has 0 aromatic carbocycles. The number of carbonyl (C=O) groups excluding carboxylic acids is 2. The summed E-state index contributed by atoms with van der Waals surface area (Å²) in [4.78, 5) is 34.8. The fourth-order valence-corrected chi connectivity index (χ4v) is 5.44. The van der Waals surface area contributed by atoms with Crippen LogP contribution >= 0.6 is 22.7 Å². The smallest absolute Gasteiger partial charge is 0.263 e. The van der Waals surface area contributed by atoms with Crippen LogP contribution in [0.3, 0.4) is 0 Å². The maximum Gasteiger partial charge on any atom is 0.263 e. The number of hydrogen-bond donors (Lipinski definition) is 2. The largest absolute Gasteiger partial charge is 0.351 e. The summed E-state index contributed by atoms with van der Waals surface area (Å²) < 4.78 is 0. The number of thiazole rings is 2.